The van der Waals surface area contributed by atoms with Gasteiger partial charge in [-0.3, -0.25) is 13.9 Å². The number of fused-ring (bicyclic) bond motifs is 3. The molecule has 1 aliphatic rings. The summed E-state index contributed by atoms with van der Waals surface area (Å²) in [5, 5.41) is 0. The Hall–Kier alpha value is -3.61. The van der Waals surface area contributed by atoms with Gasteiger partial charge in [-0.1, -0.05) is 55.0 Å². The van der Waals surface area contributed by atoms with Gasteiger partial charge in [0.1, 0.15) is 0 Å². The molecule has 0 spiro atoms. The topological polar surface area (TPSA) is 65.1 Å². The van der Waals surface area contributed by atoms with Crippen LogP contribution in [0, 0.1) is 19.8 Å². The molecule has 0 bridgehead atoms. The summed E-state index contributed by atoms with van der Waals surface area (Å²) in [6.07, 6.45) is 0. The van der Waals surface area contributed by atoms with Gasteiger partial charge in [-0.2, -0.15) is 4.98 Å². The van der Waals surface area contributed by atoms with E-state index >= 15 is 0 Å². The second-order valence-electron chi connectivity index (χ2n) is 8.92. The van der Waals surface area contributed by atoms with Crippen LogP contribution in [0.4, 0.5) is 11.6 Å². The quantitative estimate of drug-likeness (QED) is 0.501. The van der Waals surface area contributed by atoms with Gasteiger partial charge < -0.3 is 9.47 Å². The first-order valence-corrected chi connectivity index (χ1v) is 10.9. The highest BCUT2D eigenvalue weighted by atomic mass is 16.2. The monoisotopic (exact) mass is 429 g/mol. The summed E-state index contributed by atoms with van der Waals surface area (Å²) < 4.78 is 4.81. The van der Waals surface area contributed by atoms with Crippen LogP contribution in [-0.2, 0) is 20.1 Å². The average molecular weight is 430 g/mol. The molecule has 32 heavy (non-hydrogen) atoms. The maximum absolute atomic E-state index is 13.6. The van der Waals surface area contributed by atoms with Crippen LogP contribution in [0.2, 0.25) is 0 Å². The Bertz CT molecular complexity index is 1460. The van der Waals surface area contributed by atoms with Gasteiger partial charge >= 0.3 is 5.69 Å². The van der Waals surface area contributed by atoms with E-state index in [9.17, 15) is 9.59 Å². The molecular formula is C25H27N5O2. The Morgan fingerprint density at radius 3 is 2.56 bits per heavy atom. The fraction of sp³-hybridized carbons (Fsp3) is 0.320. The first kappa shape index (κ1) is 20.3. The SMILES string of the molecule is Cc1cccc(Cn2c(=O)c3c(nc4n3C[C@@H](C)CN4c3ccccc3C)n(C)c2=O)c1. The molecular weight excluding hydrogens is 402 g/mol. The molecule has 0 unspecified atom stereocenters. The van der Waals surface area contributed by atoms with E-state index in [-0.39, 0.29) is 17.8 Å². The summed E-state index contributed by atoms with van der Waals surface area (Å²) in [6, 6.07) is 16.1. The number of anilines is 2. The maximum Gasteiger partial charge on any atom is 0.332 e. The van der Waals surface area contributed by atoms with Gasteiger partial charge in [0.15, 0.2) is 11.2 Å². The molecule has 5 rings (SSSR count). The van der Waals surface area contributed by atoms with E-state index in [0.29, 0.717) is 29.6 Å². The lowest BCUT2D eigenvalue weighted by molar-refractivity contribution is 0.457. The van der Waals surface area contributed by atoms with Crippen molar-refractivity contribution in [2.45, 2.75) is 33.9 Å². The molecule has 3 heterocycles. The standard InChI is InChI=1S/C25H27N5O2/c1-16-8-7-10-19(12-16)15-30-23(31)21-22(27(4)25(30)32)26-24-28(13-17(2)14-29(21)24)20-11-6-5-9-18(20)3/h5-12,17H,13-15H2,1-4H3/t17-/m0/s1. The average Bonchev–Trinajstić information content (AvgIpc) is 3.15. The minimum Gasteiger partial charge on any atom is -0.311 e. The summed E-state index contributed by atoms with van der Waals surface area (Å²) in [7, 11) is 1.69. The second-order valence-corrected chi connectivity index (χ2v) is 8.92. The van der Waals surface area contributed by atoms with Crippen molar-refractivity contribution in [2.24, 2.45) is 13.0 Å². The number of aryl methyl sites for hydroxylation is 3. The van der Waals surface area contributed by atoms with Crippen LogP contribution < -0.4 is 16.1 Å². The molecule has 0 amide bonds. The van der Waals surface area contributed by atoms with Gasteiger partial charge in [0, 0.05) is 25.8 Å². The van der Waals surface area contributed by atoms with E-state index in [0.717, 1.165) is 28.9 Å². The van der Waals surface area contributed by atoms with E-state index in [1.54, 1.807) is 7.05 Å². The number of imidazole rings is 1. The van der Waals surface area contributed by atoms with Crippen LogP contribution >= 0.6 is 0 Å². The van der Waals surface area contributed by atoms with Crippen molar-refractivity contribution in [3.05, 3.63) is 86.1 Å². The molecule has 2 aromatic carbocycles. The molecule has 2 aromatic heterocycles. The molecule has 7 heteroatoms. The molecule has 0 saturated carbocycles. The molecule has 7 nitrogen and oxygen atoms in total. The highest BCUT2D eigenvalue weighted by Crippen LogP contribution is 2.34. The summed E-state index contributed by atoms with van der Waals surface area (Å²) >= 11 is 0. The second kappa shape index (κ2) is 7.51. The first-order valence-electron chi connectivity index (χ1n) is 10.9. The molecule has 4 aromatic rings. The van der Waals surface area contributed by atoms with E-state index in [1.807, 2.05) is 47.9 Å². The minimum absolute atomic E-state index is 0.237. The van der Waals surface area contributed by atoms with Crippen LogP contribution in [0.15, 0.2) is 58.1 Å². The van der Waals surface area contributed by atoms with Gasteiger partial charge in [0.05, 0.1) is 6.54 Å². The molecule has 1 atom stereocenters. The Balaban J connectivity index is 1.74. The summed E-state index contributed by atoms with van der Waals surface area (Å²) in [4.78, 5) is 33.7. The minimum atomic E-state index is -0.352. The number of nitrogens with zero attached hydrogens (tertiary/aromatic N) is 5. The molecule has 0 saturated heterocycles. The number of hydrogen-bond acceptors (Lipinski definition) is 4. The van der Waals surface area contributed by atoms with Gasteiger partial charge in [0.25, 0.3) is 5.56 Å². The highest BCUT2D eigenvalue weighted by molar-refractivity contribution is 5.77. The summed E-state index contributed by atoms with van der Waals surface area (Å²) in [6.45, 7) is 7.98. The van der Waals surface area contributed by atoms with Crippen LogP contribution in [0.5, 0.6) is 0 Å². The van der Waals surface area contributed by atoms with Gasteiger partial charge in [0.2, 0.25) is 5.95 Å². The summed E-state index contributed by atoms with van der Waals surface area (Å²) in [5.41, 5.74) is 4.52. The molecule has 1 aliphatic heterocycles. The lowest BCUT2D eigenvalue weighted by atomic mass is 10.1. The Morgan fingerprint density at radius 2 is 1.81 bits per heavy atom. The zero-order chi connectivity index (χ0) is 22.6. The number of rotatable bonds is 3. The van der Waals surface area contributed by atoms with Gasteiger partial charge in [-0.05, 0) is 37.0 Å². The van der Waals surface area contributed by atoms with Crippen molar-refractivity contribution in [2.75, 3.05) is 11.4 Å². The molecule has 164 valence electrons. The summed E-state index contributed by atoms with van der Waals surface area (Å²) in [5.74, 6) is 1.04. The Kier molecular flexibility index (Phi) is 4.77. The van der Waals surface area contributed by atoms with E-state index < -0.39 is 0 Å². The smallest absolute Gasteiger partial charge is 0.311 e. The lowest BCUT2D eigenvalue weighted by Gasteiger charge is -2.33. The lowest BCUT2D eigenvalue weighted by Crippen LogP contribution is -2.40. The van der Waals surface area contributed by atoms with Crippen molar-refractivity contribution in [1.29, 1.82) is 0 Å². The predicted octanol–water partition coefficient (Wildman–Crippen LogP) is 3.35. The van der Waals surface area contributed by atoms with Gasteiger partial charge in [-0.25, -0.2) is 4.79 Å². The van der Waals surface area contributed by atoms with Gasteiger partial charge in [-0.15, -0.1) is 0 Å². The molecule has 0 fully saturated rings. The molecule has 0 radical (unpaired) electrons. The number of para-hydroxylation sites is 1. The first-order chi connectivity index (χ1) is 15.3. The molecule has 0 aliphatic carbocycles. The Morgan fingerprint density at radius 1 is 1.03 bits per heavy atom. The largest absolute Gasteiger partial charge is 0.332 e. The number of benzene rings is 2. The fourth-order valence-electron chi connectivity index (χ4n) is 4.71. The third-order valence-corrected chi connectivity index (χ3v) is 6.27. The number of aromatic nitrogens is 4. The van der Waals surface area contributed by atoms with Crippen molar-refractivity contribution in [3.63, 3.8) is 0 Å². The van der Waals surface area contributed by atoms with Crippen LogP contribution in [0.25, 0.3) is 11.2 Å². The zero-order valence-electron chi connectivity index (χ0n) is 18.9. The van der Waals surface area contributed by atoms with Crippen LogP contribution in [-0.4, -0.2) is 25.2 Å². The fourth-order valence-corrected chi connectivity index (χ4v) is 4.71. The number of hydrogen-bond donors (Lipinski definition) is 0. The van der Waals surface area contributed by atoms with Crippen molar-refractivity contribution in [1.82, 2.24) is 18.7 Å². The van der Waals surface area contributed by atoms with Crippen LogP contribution in [0.3, 0.4) is 0 Å². The van der Waals surface area contributed by atoms with E-state index in [2.05, 4.69) is 30.9 Å². The maximum atomic E-state index is 13.6. The zero-order valence-corrected chi connectivity index (χ0v) is 18.9. The molecule has 0 N–H and O–H groups in total. The van der Waals surface area contributed by atoms with Crippen LogP contribution in [0.1, 0.15) is 23.6 Å². The van der Waals surface area contributed by atoms with Crippen molar-refractivity contribution >= 4 is 22.8 Å². The third kappa shape index (κ3) is 3.16. The highest BCUT2D eigenvalue weighted by Gasteiger charge is 2.30. The van der Waals surface area contributed by atoms with E-state index in [1.165, 1.54) is 9.13 Å². The third-order valence-electron chi connectivity index (χ3n) is 6.27. The van der Waals surface area contributed by atoms with Crippen molar-refractivity contribution < 1.29 is 0 Å². The van der Waals surface area contributed by atoms with Crippen molar-refractivity contribution in [3.8, 4) is 0 Å². The normalized spacial score (nSPS) is 15.9. The van der Waals surface area contributed by atoms with E-state index in [4.69, 9.17) is 4.98 Å². The Labute approximate surface area is 186 Å². The predicted molar refractivity (Wildman–Crippen MR) is 127 cm³/mol.